The molecule has 9 heteroatoms. The van der Waals surface area contributed by atoms with Gasteiger partial charge in [-0.15, -0.1) is 0 Å². The molecule has 7 nitrogen and oxygen atoms in total. The summed E-state index contributed by atoms with van der Waals surface area (Å²) in [4.78, 5) is 24.7. The van der Waals surface area contributed by atoms with E-state index in [0.717, 1.165) is 27.6 Å². The van der Waals surface area contributed by atoms with Gasteiger partial charge in [-0.1, -0.05) is 24.3 Å². The summed E-state index contributed by atoms with van der Waals surface area (Å²) in [5, 5.41) is 2.73. The van der Waals surface area contributed by atoms with Crippen LogP contribution >= 0.6 is 0 Å². The number of rotatable bonds is 5. The molecule has 0 unspecified atom stereocenters. The molecule has 3 aromatic rings. The smallest absolute Gasteiger partial charge is 0.337 e. The van der Waals surface area contributed by atoms with Crippen LogP contribution in [0.25, 0.3) is 0 Å². The van der Waals surface area contributed by atoms with Crippen LogP contribution in [0.2, 0.25) is 0 Å². The quantitative estimate of drug-likeness (QED) is 0.580. The number of ether oxygens (including phenoxy) is 1. The first-order valence-electron chi connectivity index (χ1n) is 10.1. The van der Waals surface area contributed by atoms with Crippen LogP contribution in [0.3, 0.4) is 0 Å². The van der Waals surface area contributed by atoms with Gasteiger partial charge in [0.2, 0.25) is 15.9 Å². The number of esters is 1. The highest BCUT2D eigenvalue weighted by Gasteiger charge is 2.39. The lowest BCUT2D eigenvalue weighted by Gasteiger charge is -2.35. The number of benzene rings is 3. The molecule has 3 aromatic carbocycles. The van der Waals surface area contributed by atoms with Crippen LogP contribution in [-0.2, 0) is 32.5 Å². The summed E-state index contributed by atoms with van der Waals surface area (Å²) in [6, 6.07) is 16.9. The van der Waals surface area contributed by atoms with Crippen LogP contribution in [-0.4, -0.2) is 37.8 Å². The van der Waals surface area contributed by atoms with E-state index >= 15 is 0 Å². The lowest BCUT2D eigenvalue weighted by atomic mass is 9.95. The molecule has 1 heterocycles. The number of amides is 1. The fourth-order valence-corrected chi connectivity index (χ4v) is 5.32. The van der Waals surface area contributed by atoms with Crippen LogP contribution < -0.4 is 5.32 Å². The monoisotopic (exact) mass is 468 g/mol. The normalized spacial score (nSPS) is 16.0. The number of carbonyl (C=O) groups is 2. The zero-order valence-corrected chi connectivity index (χ0v) is 18.5. The Hall–Kier alpha value is -3.56. The fourth-order valence-electron chi connectivity index (χ4n) is 3.75. The Morgan fingerprint density at radius 2 is 1.61 bits per heavy atom. The zero-order valence-electron chi connectivity index (χ0n) is 17.7. The number of anilines is 1. The van der Waals surface area contributed by atoms with Gasteiger partial charge in [0.25, 0.3) is 0 Å². The van der Waals surface area contributed by atoms with Gasteiger partial charge in [0.05, 0.1) is 17.6 Å². The second kappa shape index (κ2) is 9.13. The molecule has 1 atom stereocenters. The van der Waals surface area contributed by atoms with Crippen molar-refractivity contribution in [3.05, 3.63) is 95.3 Å². The lowest BCUT2D eigenvalue weighted by molar-refractivity contribution is -0.120. The molecule has 4 rings (SSSR count). The number of fused-ring (bicyclic) bond motifs is 1. The molecule has 0 saturated carbocycles. The molecule has 1 N–H and O–H groups in total. The second-order valence-corrected chi connectivity index (χ2v) is 9.44. The summed E-state index contributed by atoms with van der Waals surface area (Å²) in [7, 11) is -2.81. The molecule has 0 fully saturated rings. The fraction of sp³-hybridized carbons (Fsp3) is 0.167. The van der Waals surface area contributed by atoms with Crippen molar-refractivity contribution in [2.45, 2.75) is 23.9 Å². The van der Waals surface area contributed by atoms with Crippen LogP contribution in [0.15, 0.2) is 77.7 Å². The number of nitrogens with one attached hydrogen (secondary N) is 1. The highest BCUT2D eigenvalue weighted by atomic mass is 32.2. The van der Waals surface area contributed by atoms with Gasteiger partial charge in [0.1, 0.15) is 11.9 Å². The van der Waals surface area contributed by atoms with E-state index in [9.17, 15) is 22.4 Å². The van der Waals surface area contributed by atoms with Crippen molar-refractivity contribution in [2.75, 3.05) is 12.4 Å². The van der Waals surface area contributed by atoms with E-state index in [0.29, 0.717) is 11.3 Å². The predicted molar refractivity (Wildman–Crippen MR) is 119 cm³/mol. The number of carbonyl (C=O) groups excluding carboxylic acids is 2. The highest BCUT2D eigenvalue weighted by Crippen LogP contribution is 2.30. The third kappa shape index (κ3) is 4.64. The van der Waals surface area contributed by atoms with Crippen molar-refractivity contribution < 1.29 is 27.1 Å². The summed E-state index contributed by atoms with van der Waals surface area (Å²) in [6.45, 7) is 0.00917. The average molecular weight is 469 g/mol. The molecule has 0 spiro atoms. The topological polar surface area (TPSA) is 92.8 Å². The minimum absolute atomic E-state index is 0.00917. The molecule has 0 saturated heterocycles. The number of halogens is 1. The number of nitrogens with zero attached hydrogens (tertiary/aromatic N) is 1. The first kappa shape index (κ1) is 22.6. The molecule has 33 heavy (non-hydrogen) atoms. The van der Waals surface area contributed by atoms with Gasteiger partial charge in [0.15, 0.2) is 0 Å². The third-order valence-corrected chi connectivity index (χ3v) is 7.37. The maximum Gasteiger partial charge on any atom is 0.337 e. The first-order valence-corrected chi connectivity index (χ1v) is 11.6. The largest absolute Gasteiger partial charge is 0.465 e. The lowest BCUT2D eigenvalue weighted by Crippen LogP contribution is -2.50. The Morgan fingerprint density at radius 3 is 2.24 bits per heavy atom. The molecular formula is C24H21FN2O5S. The molecule has 0 aliphatic carbocycles. The standard InChI is InChI=1S/C24H21FN2O5S/c1-32-24(29)16-6-10-20(11-7-16)26-23(28)22-14-17-4-2-3-5-18(17)15-27(22)33(30,31)21-12-8-19(25)9-13-21/h2-13,22H,14-15H2,1H3,(H,26,28)/t22-/m1/s1. The van der Waals surface area contributed by atoms with Crippen LogP contribution in [0.5, 0.6) is 0 Å². The van der Waals surface area contributed by atoms with E-state index in [1.807, 2.05) is 24.3 Å². The molecule has 0 radical (unpaired) electrons. The van der Waals surface area contributed by atoms with Crippen molar-refractivity contribution in [3.8, 4) is 0 Å². The predicted octanol–water partition coefficient (Wildman–Crippen LogP) is 3.37. The van der Waals surface area contributed by atoms with E-state index in [2.05, 4.69) is 10.1 Å². The molecule has 170 valence electrons. The van der Waals surface area contributed by atoms with E-state index in [4.69, 9.17) is 0 Å². The van der Waals surface area contributed by atoms with Gasteiger partial charge in [-0.2, -0.15) is 4.31 Å². The summed E-state index contributed by atoms with van der Waals surface area (Å²) in [5.41, 5.74) is 2.41. The van der Waals surface area contributed by atoms with Gasteiger partial charge in [-0.05, 0) is 66.1 Å². The van der Waals surface area contributed by atoms with Crippen molar-refractivity contribution in [1.29, 1.82) is 0 Å². The summed E-state index contributed by atoms with van der Waals surface area (Å²) >= 11 is 0. The zero-order chi connectivity index (χ0) is 23.6. The minimum atomic E-state index is -4.08. The van der Waals surface area contributed by atoms with Crippen LogP contribution in [0.4, 0.5) is 10.1 Å². The maximum absolute atomic E-state index is 13.4. The Kier molecular flexibility index (Phi) is 6.26. The van der Waals surface area contributed by atoms with E-state index in [1.54, 1.807) is 12.1 Å². The molecule has 0 bridgehead atoms. The number of sulfonamides is 1. The molecule has 1 aliphatic heterocycles. The summed E-state index contributed by atoms with van der Waals surface area (Å²) in [5.74, 6) is -1.57. The number of methoxy groups -OCH3 is 1. The average Bonchev–Trinajstić information content (AvgIpc) is 2.83. The van der Waals surface area contributed by atoms with Crippen molar-refractivity contribution >= 4 is 27.6 Å². The number of hydrogen-bond acceptors (Lipinski definition) is 5. The summed E-state index contributed by atoms with van der Waals surface area (Å²) < 4.78 is 46.0. The minimum Gasteiger partial charge on any atom is -0.465 e. The molecule has 0 aromatic heterocycles. The molecular weight excluding hydrogens is 447 g/mol. The third-order valence-electron chi connectivity index (χ3n) is 5.50. The van der Waals surface area contributed by atoms with Crippen molar-refractivity contribution in [1.82, 2.24) is 4.31 Å². The Labute approximate surface area is 190 Å². The SMILES string of the molecule is COC(=O)c1ccc(NC(=O)[C@H]2Cc3ccccc3CN2S(=O)(=O)c2ccc(F)cc2)cc1. The van der Waals surface area contributed by atoms with Gasteiger partial charge in [0, 0.05) is 12.2 Å². The Balaban J connectivity index is 1.65. The Morgan fingerprint density at radius 1 is 0.970 bits per heavy atom. The van der Waals surface area contributed by atoms with Crippen molar-refractivity contribution in [3.63, 3.8) is 0 Å². The second-order valence-electron chi connectivity index (χ2n) is 7.55. The summed E-state index contributed by atoms with van der Waals surface area (Å²) in [6.07, 6.45) is 0.183. The van der Waals surface area contributed by atoms with Gasteiger partial charge in [-0.3, -0.25) is 4.79 Å². The van der Waals surface area contributed by atoms with Gasteiger partial charge >= 0.3 is 5.97 Å². The maximum atomic E-state index is 13.4. The van der Waals surface area contributed by atoms with Crippen LogP contribution in [0.1, 0.15) is 21.5 Å². The van der Waals surface area contributed by atoms with E-state index < -0.39 is 33.8 Å². The van der Waals surface area contributed by atoms with Gasteiger partial charge in [-0.25, -0.2) is 17.6 Å². The van der Waals surface area contributed by atoms with Gasteiger partial charge < -0.3 is 10.1 Å². The highest BCUT2D eigenvalue weighted by molar-refractivity contribution is 7.89. The molecule has 1 aliphatic rings. The van der Waals surface area contributed by atoms with Crippen molar-refractivity contribution in [2.24, 2.45) is 0 Å². The molecule has 1 amide bonds. The van der Waals surface area contributed by atoms with Crippen LogP contribution in [0, 0.1) is 5.82 Å². The van der Waals surface area contributed by atoms with E-state index in [-0.39, 0.29) is 17.9 Å². The first-order chi connectivity index (χ1) is 15.8. The van der Waals surface area contributed by atoms with E-state index in [1.165, 1.54) is 31.4 Å². The number of hydrogen-bond donors (Lipinski definition) is 1. The Bertz CT molecular complexity index is 1290.